The Balaban J connectivity index is 1.36. The van der Waals surface area contributed by atoms with Gasteiger partial charge in [-0.25, -0.2) is 0 Å². The van der Waals surface area contributed by atoms with Gasteiger partial charge >= 0.3 is 0 Å². The molecule has 30 heavy (non-hydrogen) atoms. The zero-order chi connectivity index (χ0) is 20.5. The summed E-state index contributed by atoms with van der Waals surface area (Å²) in [7, 11) is 0. The monoisotopic (exact) mass is 437 g/mol. The van der Waals surface area contributed by atoms with Crippen molar-refractivity contribution in [2.75, 3.05) is 31.9 Å². The minimum absolute atomic E-state index is 0.0423. The smallest absolute Gasteiger partial charge is 0.257 e. The summed E-state index contributed by atoms with van der Waals surface area (Å²) in [5, 5.41) is 1.03. The molecule has 0 aliphatic carbocycles. The van der Waals surface area contributed by atoms with Crippen LogP contribution >= 0.6 is 23.1 Å². The molecule has 2 amide bonds. The fourth-order valence-electron chi connectivity index (χ4n) is 4.12. The van der Waals surface area contributed by atoms with E-state index in [4.69, 9.17) is 0 Å². The molecule has 0 spiro atoms. The van der Waals surface area contributed by atoms with Crippen LogP contribution in [0.25, 0.3) is 5.00 Å². The van der Waals surface area contributed by atoms with Gasteiger partial charge in [0.15, 0.2) is 0 Å². The van der Waals surface area contributed by atoms with E-state index in [0.29, 0.717) is 31.7 Å². The highest BCUT2D eigenvalue weighted by molar-refractivity contribution is 7.98. The fraction of sp³-hybridized carbons (Fsp3) is 0.304. The average molecular weight is 438 g/mol. The molecule has 0 radical (unpaired) electrons. The molecule has 5 rings (SSSR count). The molecule has 2 aliphatic heterocycles. The Hall–Kier alpha value is -2.51. The molecule has 0 atom stereocenters. The van der Waals surface area contributed by atoms with Crippen LogP contribution < -0.4 is 0 Å². The molecule has 5 nitrogen and oxygen atoms in total. The predicted molar refractivity (Wildman–Crippen MR) is 122 cm³/mol. The van der Waals surface area contributed by atoms with Crippen molar-refractivity contribution in [2.24, 2.45) is 0 Å². The van der Waals surface area contributed by atoms with E-state index in [1.807, 2.05) is 76.4 Å². The van der Waals surface area contributed by atoms with E-state index in [0.717, 1.165) is 28.5 Å². The zero-order valence-electron chi connectivity index (χ0n) is 16.6. The number of thiophene rings is 1. The normalized spacial score (nSPS) is 16.4. The third kappa shape index (κ3) is 3.56. The summed E-state index contributed by atoms with van der Waals surface area (Å²) in [6.45, 7) is 2.28. The van der Waals surface area contributed by atoms with Crippen molar-refractivity contribution in [3.63, 3.8) is 0 Å². The lowest BCUT2D eigenvalue weighted by atomic mass is 10.1. The van der Waals surface area contributed by atoms with Gasteiger partial charge in [0.1, 0.15) is 5.00 Å². The summed E-state index contributed by atoms with van der Waals surface area (Å²) < 4.78 is 2.07. The average Bonchev–Trinajstić information content (AvgIpc) is 3.46. The number of carbonyl (C=O) groups is 2. The van der Waals surface area contributed by atoms with Gasteiger partial charge in [-0.05, 0) is 42.0 Å². The van der Waals surface area contributed by atoms with Gasteiger partial charge in [-0.3, -0.25) is 9.59 Å². The Morgan fingerprint density at radius 3 is 2.20 bits per heavy atom. The highest BCUT2D eigenvalue weighted by atomic mass is 32.2. The van der Waals surface area contributed by atoms with Crippen LogP contribution in [0, 0.1) is 0 Å². The first kappa shape index (κ1) is 19.5. The zero-order valence-corrected chi connectivity index (χ0v) is 18.3. The summed E-state index contributed by atoms with van der Waals surface area (Å²) in [5.74, 6) is 2.20. The number of nitrogens with zero attached hydrogens (tertiary/aromatic N) is 3. The largest absolute Gasteiger partial charge is 0.335 e. The van der Waals surface area contributed by atoms with Crippen LogP contribution in [0.4, 0.5) is 0 Å². The van der Waals surface area contributed by atoms with Crippen LogP contribution in [0.15, 0.2) is 54.9 Å². The van der Waals surface area contributed by atoms with E-state index >= 15 is 0 Å². The summed E-state index contributed by atoms with van der Waals surface area (Å²) in [4.78, 5) is 31.4. The van der Waals surface area contributed by atoms with Crippen LogP contribution in [0.2, 0.25) is 0 Å². The van der Waals surface area contributed by atoms with Crippen molar-refractivity contribution in [1.82, 2.24) is 14.4 Å². The summed E-state index contributed by atoms with van der Waals surface area (Å²) in [6.07, 6.45) is 4.97. The van der Waals surface area contributed by atoms with Gasteiger partial charge in [-0.15, -0.1) is 11.3 Å². The standard InChI is InChI=1S/C23H23N3O2S2/c27-21(17-6-2-1-3-7-17)24-11-13-25(14-12-24)22(28)20-18-8-15-29-16-19(18)30-23(20)26-9-4-5-10-26/h1-7,9-10H,8,11-16H2. The Morgan fingerprint density at radius 2 is 1.50 bits per heavy atom. The SMILES string of the molecule is O=C(c1ccccc1)N1CCN(C(=O)c2c(-n3cccc3)sc3c2CCSC3)CC1. The number of thioether (sulfide) groups is 1. The van der Waals surface area contributed by atoms with E-state index in [1.54, 1.807) is 11.3 Å². The molecule has 0 N–H and O–H groups in total. The number of hydrogen-bond acceptors (Lipinski definition) is 4. The molecule has 1 fully saturated rings. The van der Waals surface area contributed by atoms with E-state index in [9.17, 15) is 9.59 Å². The van der Waals surface area contributed by atoms with Gasteiger partial charge in [0.05, 0.1) is 5.56 Å². The molecular formula is C23H23N3O2S2. The van der Waals surface area contributed by atoms with Gasteiger partial charge in [0.2, 0.25) is 0 Å². The number of amides is 2. The first-order valence-electron chi connectivity index (χ1n) is 10.2. The Bertz CT molecular complexity index is 1050. The maximum absolute atomic E-state index is 13.6. The molecule has 0 saturated carbocycles. The van der Waals surface area contributed by atoms with Crippen molar-refractivity contribution in [1.29, 1.82) is 0 Å². The lowest BCUT2D eigenvalue weighted by molar-refractivity contribution is 0.0535. The topological polar surface area (TPSA) is 45.6 Å². The molecule has 154 valence electrons. The minimum Gasteiger partial charge on any atom is -0.335 e. The molecule has 2 aromatic heterocycles. The number of aromatic nitrogens is 1. The third-order valence-corrected chi connectivity index (χ3v) is 8.14. The van der Waals surface area contributed by atoms with Gasteiger partial charge in [-0.1, -0.05) is 18.2 Å². The minimum atomic E-state index is 0.0423. The number of fused-ring (bicyclic) bond motifs is 1. The number of rotatable bonds is 3. The molecule has 7 heteroatoms. The summed E-state index contributed by atoms with van der Waals surface area (Å²) in [6, 6.07) is 13.4. The molecule has 0 bridgehead atoms. The quantitative estimate of drug-likeness (QED) is 0.624. The second-order valence-corrected chi connectivity index (χ2v) is 9.72. The Labute approximate surface area is 184 Å². The van der Waals surface area contributed by atoms with Crippen LogP contribution in [0.3, 0.4) is 0 Å². The van der Waals surface area contributed by atoms with E-state index < -0.39 is 0 Å². The van der Waals surface area contributed by atoms with Gasteiger partial charge in [0, 0.05) is 54.8 Å². The maximum Gasteiger partial charge on any atom is 0.257 e. The first-order chi connectivity index (χ1) is 14.7. The van der Waals surface area contributed by atoms with Crippen LogP contribution in [-0.4, -0.2) is 58.1 Å². The number of benzene rings is 1. The van der Waals surface area contributed by atoms with E-state index in [-0.39, 0.29) is 11.8 Å². The van der Waals surface area contributed by atoms with Gasteiger partial charge in [-0.2, -0.15) is 11.8 Å². The molecule has 4 heterocycles. The molecule has 1 aromatic carbocycles. The van der Waals surface area contributed by atoms with Crippen molar-refractivity contribution in [3.05, 3.63) is 76.4 Å². The molecular weight excluding hydrogens is 414 g/mol. The van der Waals surface area contributed by atoms with Crippen molar-refractivity contribution >= 4 is 34.9 Å². The lowest BCUT2D eigenvalue weighted by Gasteiger charge is -2.35. The van der Waals surface area contributed by atoms with Crippen molar-refractivity contribution in [3.8, 4) is 5.00 Å². The van der Waals surface area contributed by atoms with Crippen LogP contribution in [0.5, 0.6) is 0 Å². The molecule has 0 unspecified atom stereocenters. The Morgan fingerprint density at radius 1 is 0.833 bits per heavy atom. The summed E-state index contributed by atoms with van der Waals surface area (Å²) in [5.41, 5.74) is 2.81. The van der Waals surface area contributed by atoms with Crippen LogP contribution in [0.1, 0.15) is 31.2 Å². The maximum atomic E-state index is 13.6. The van der Waals surface area contributed by atoms with E-state index in [2.05, 4.69) is 4.57 Å². The molecule has 3 aromatic rings. The number of carbonyl (C=O) groups excluding carboxylic acids is 2. The number of hydrogen-bond donors (Lipinski definition) is 0. The highest BCUT2D eigenvalue weighted by Gasteiger charge is 2.31. The summed E-state index contributed by atoms with van der Waals surface area (Å²) >= 11 is 3.68. The lowest BCUT2D eigenvalue weighted by Crippen LogP contribution is -2.50. The van der Waals surface area contributed by atoms with Gasteiger partial charge in [0.25, 0.3) is 11.8 Å². The van der Waals surface area contributed by atoms with Crippen molar-refractivity contribution in [2.45, 2.75) is 12.2 Å². The second-order valence-electron chi connectivity index (χ2n) is 7.53. The van der Waals surface area contributed by atoms with Crippen molar-refractivity contribution < 1.29 is 9.59 Å². The predicted octanol–water partition coefficient (Wildman–Crippen LogP) is 3.93. The fourth-order valence-corrected chi connectivity index (χ4v) is 6.56. The molecule has 2 aliphatic rings. The Kier molecular flexibility index (Phi) is 5.39. The third-order valence-electron chi connectivity index (χ3n) is 5.73. The highest BCUT2D eigenvalue weighted by Crippen LogP contribution is 2.39. The van der Waals surface area contributed by atoms with Crippen LogP contribution in [-0.2, 0) is 12.2 Å². The number of piperazine rings is 1. The van der Waals surface area contributed by atoms with Gasteiger partial charge < -0.3 is 14.4 Å². The molecule has 1 saturated heterocycles. The van der Waals surface area contributed by atoms with E-state index in [1.165, 1.54) is 10.4 Å². The second kappa shape index (κ2) is 8.32. The first-order valence-corrected chi connectivity index (χ1v) is 12.2.